The Kier molecular flexibility index (Phi) is 5.09. The van der Waals surface area contributed by atoms with Crippen LogP contribution in [-0.4, -0.2) is 23.3 Å². The van der Waals surface area contributed by atoms with Gasteiger partial charge in [-0.15, -0.1) is 10.2 Å². The molecule has 3 N–H and O–H groups in total. The first kappa shape index (κ1) is 14.9. The molecular weight excluding hydrogens is 316 g/mol. The SMILES string of the molecule is Cc1ccc(Br)cc1-c1ccc(NCC(C)CN)nn1. The molecule has 2 rings (SSSR count). The lowest BCUT2D eigenvalue weighted by atomic mass is 10.1. The fourth-order valence-corrected chi connectivity index (χ4v) is 2.16. The van der Waals surface area contributed by atoms with E-state index in [0.717, 1.165) is 28.1 Å². The van der Waals surface area contributed by atoms with E-state index in [0.29, 0.717) is 12.5 Å². The first-order valence-electron chi connectivity index (χ1n) is 6.64. The van der Waals surface area contributed by atoms with Crippen molar-refractivity contribution in [2.75, 3.05) is 18.4 Å². The van der Waals surface area contributed by atoms with Gasteiger partial charge < -0.3 is 11.1 Å². The molecule has 0 amide bonds. The molecule has 0 aliphatic carbocycles. The highest BCUT2D eigenvalue weighted by Gasteiger charge is 2.06. The summed E-state index contributed by atoms with van der Waals surface area (Å²) >= 11 is 3.48. The Bertz CT molecular complexity index is 569. The molecule has 106 valence electrons. The smallest absolute Gasteiger partial charge is 0.148 e. The van der Waals surface area contributed by atoms with Crippen molar-refractivity contribution in [3.05, 3.63) is 40.4 Å². The maximum absolute atomic E-state index is 5.59. The van der Waals surface area contributed by atoms with Gasteiger partial charge in [0.05, 0.1) is 5.69 Å². The van der Waals surface area contributed by atoms with Gasteiger partial charge in [0.25, 0.3) is 0 Å². The summed E-state index contributed by atoms with van der Waals surface area (Å²) in [5.74, 6) is 1.20. The molecule has 0 aliphatic heterocycles. The maximum atomic E-state index is 5.59. The van der Waals surface area contributed by atoms with E-state index in [1.807, 2.05) is 18.2 Å². The Hall–Kier alpha value is -1.46. The molecule has 2 aromatic rings. The minimum atomic E-state index is 0.420. The molecule has 0 saturated heterocycles. The fraction of sp³-hybridized carbons (Fsp3) is 0.333. The topological polar surface area (TPSA) is 63.8 Å². The molecule has 1 aromatic heterocycles. The predicted octanol–water partition coefficient (Wildman–Crippen LogP) is 3.22. The summed E-state index contributed by atoms with van der Waals surface area (Å²) in [5.41, 5.74) is 8.73. The third-order valence-electron chi connectivity index (χ3n) is 3.17. The second kappa shape index (κ2) is 6.81. The molecule has 0 bridgehead atoms. The molecule has 0 aliphatic rings. The van der Waals surface area contributed by atoms with Crippen molar-refractivity contribution in [3.63, 3.8) is 0 Å². The molecule has 1 aromatic carbocycles. The van der Waals surface area contributed by atoms with Crippen LogP contribution in [0.15, 0.2) is 34.8 Å². The summed E-state index contributed by atoms with van der Waals surface area (Å²) in [5, 5.41) is 11.7. The van der Waals surface area contributed by atoms with Crippen LogP contribution in [0.4, 0.5) is 5.82 Å². The maximum Gasteiger partial charge on any atom is 0.148 e. The number of aryl methyl sites for hydroxylation is 1. The molecule has 1 heterocycles. The van der Waals surface area contributed by atoms with Crippen molar-refractivity contribution in [3.8, 4) is 11.3 Å². The molecule has 1 unspecified atom stereocenters. The number of halogens is 1. The lowest BCUT2D eigenvalue weighted by Gasteiger charge is -2.10. The minimum Gasteiger partial charge on any atom is -0.368 e. The summed E-state index contributed by atoms with van der Waals surface area (Å²) in [7, 11) is 0. The van der Waals surface area contributed by atoms with Crippen LogP contribution < -0.4 is 11.1 Å². The lowest BCUT2D eigenvalue weighted by molar-refractivity contribution is 0.626. The summed E-state index contributed by atoms with van der Waals surface area (Å²) in [6, 6.07) is 10.1. The number of hydrogen-bond donors (Lipinski definition) is 2. The van der Waals surface area contributed by atoms with Crippen LogP contribution in [0.5, 0.6) is 0 Å². The van der Waals surface area contributed by atoms with Gasteiger partial charge in [-0.3, -0.25) is 0 Å². The fourth-order valence-electron chi connectivity index (χ4n) is 1.80. The predicted molar refractivity (Wildman–Crippen MR) is 86.6 cm³/mol. The highest BCUT2D eigenvalue weighted by atomic mass is 79.9. The summed E-state index contributed by atoms with van der Waals surface area (Å²) in [6.07, 6.45) is 0. The van der Waals surface area contributed by atoms with Crippen LogP contribution in [0.2, 0.25) is 0 Å². The number of hydrogen-bond acceptors (Lipinski definition) is 4. The molecule has 4 nitrogen and oxygen atoms in total. The number of anilines is 1. The zero-order valence-electron chi connectivity index (χ0n) is 11.7. The monoisotopic (exact) mass is 334 g/mol. The van der Waals surface area contributed by atoms with Crippen molar-refractivity contribution in [1.82, 2.24) is 10.2 Å². The van der Waals surface area contributed by atoms with Crippen LogP contribution in [0.25, 0.3) is 11.3 Å². The van der Waals surface area contributed by atoms with Gasteiger partial charge in [0.2, 0.25) is 0 Å². The van der Waals surface area contributed by atoms with Gasteiger partial charge in [0.15, 0.2) is 0 Å². The normalized spacial score (nSPS) is 12.2. The van der Waals surface area contributed by atoms with Gasteiger partial charge in [-0.2, -0.15) is 0 Å². The summed E-state index contributed by atoms with van der Waals surface area (Å²) < 4.78 is 1.04. The first-order valence-corrected chi connectivity index (χ1v) is 7.43. The molecule has 0 spiro atoms. The number of aromatic nitrogens is 2. The molecular formula is C15H19BrN4. The van der Waals surface area contributed by atoms with Gasteiger partial charge in [0, 0.05) is 16.6 Å². The molecule has 20 heavy (non-hydrogen) atoms. The number of nitrogens with zero attached hydrogens (tertiary/aromatic N) is 2. The zero-order valence-corrected chi connectivity index (χ0v) is 13.3. The van der Waals surface area contributed by atoms with Crippen molar-refractivity contribution >= 4 is 21.7 Å². The van der Waals surface area contributed by atoms with E-state index in [4.69, 9.17) is 5.73 Å². The Morgan fingerprint density at radius 2 is 2.05 bits per heavy atom. The van der Waals surface area contributed by atoms with E-state index < -0.39 is 0 Å². The van der Waals surface area contributed by atoms with E-state index in [2.05, 4.69) is 57.4 Å². The van der Waals surface area contributed by atoms with Crippen molar-refractivity contribution < 1.29 is 0 Å². The average molecular weight is 335 g/mol. The van der Waals surface area contributed by atoms with Gasteiger partial charge >= 0.3 is 0 Å². The second-order valence-electron chi connectivity index (χ2n) is 4.98. The van der Waals surface area contributed by atoms with E-state index >= 15 is 0 Å². The number of nitrogens with one attached hydrogen (secondary N) is 1. The van der Waals surface area contributed by atoms with Crippen molar-refractivity contribution in [2.45, 2.75) is 13.8 Å². The third-order valence-corrected chi connectivity index (χ3v) is 3.67. The van der Waals surface area contributed by atoms with Gasteiger partial charge in [0.1, 0.15) is 5.82 Å². The standard InChI is InChI=1S/C15H19BrN4/c1-10(8-17)9-18-15-6-5-14(19-20-15)13-7-12(16)4-3-11(13)2/h3-7,10H,8-9,17H2,1-2H3,(H,18,20). The van der Waals surface area contributed by atoms with E-state index in [1.54, 1.807) is 0 Å². The Morgan fingerprint density at radius 3 is 2.70 bits per heavy atom. The second-order valence-corrected chi connectivity index (χ2v) is 5.90. The first-order chi connectivity index (χ1) is 9.60. The van der Waals surface area contributed by atoms with Crippen LogP contribution in [0, 0.1) is 12.8 Å². The van der Waals surface area contributed by atoms with E-state index in [1.165, 1.54) is 5.56 Å². The van der Waals surface area contributed by atoms with Crippen molar-refractivity contribution in [2.24, 2.45) is 11.7 Å². The van der Waals surface area contributed by atoms with Gasteiger partial charge in [-0.25, -0.2) is 0 Å². The number of rotatable bonds is 5. The highest BCUT2D eigenvalue weighted by Crippen LogP contribution is 2.25. The third kappa shape index (κ3) is 3.77. The molecule has 0 radical (unpaired) electrons. The Balaban J connectivity index is 2.13. The van der Waals surface area contributed by atoms with Gasteiger partial charge in [-0.1, -0.05) is 28.9 Å². The zero-order chi connectivity index (χ0) is 14.5. The lowest BCUT2D eigenvalue weighted by Crippen LogP contribution is -2.20. The average Bonchev–Trinajstić information content (AvgIpc) is 2.48. The molecule has 0 fully saturated rings. The molecule has 1 atom stereocenters. The minimum absolute atomic E-state index is 0.420. The van der Waals surface area contributed by atoms with Crippen LogP contribution in [-0.2, 0) is 0 Å². The summed E-state index contributed by atoms with van der Waals surface area (Å²) in [4.78, 5) is 0. The summed E-state index contributed by atoms with van der Waals surface area (Å²) in [6.45, 7) is 5.63. The van der Waals surface area contributed by atoms with Crippen LogP contribution in [0.1, 0.15) is 12.5 Å². The largest absolute Gasteiger partial charge is 0.368 e. The van der Waals surface area contributed by atoms with E-state index in [-0.39, 0.29) is 0 Å². The quantitative estimate of drug-likeness (QED) is 0.881. The number of nitrogens with two attached hydrogens (primary N) is 1. The van der Waals surface area contributed by atoms with Crippen molar-refractivity contribution in [1.29, 1.82) is 0 Å². The highest BCUT2D eigenvalue weighted by molar-refractivity contribution is 9.10. The van der Waals surface area contributed by atoms with Crippen LogP contribution in [0.3, 0.4) is 0 Å². The Morgan fingerprint density at radius 1 is 1.25 bits per heavy atom. The molecule has 0 saturated carbocycles. The number of benzene rings is 1. The Labute approximate surface area is 127 Å². The van der Waals surface area contributed by atoms with Crippen LogP contribution >= 0.6 is 15.9 Å². The van der Waals surface area contributed by atoms with Gasteiger partial charge in [-0.05, 0) is 49.2 Å². The molecule has 5 heteroatoms. The van der Waals surface area contributed by atoms with E-state index in [9.17, 15) is 0 Å².